The van der Waals surface area contributed by atoms with Crippen LogP contribution in [-0.4, -0.2) is 71.6 Å². The van der Waals surface area contributed by atoms with Crippen molar-refractivity contribution in [3.05, 3.63) is 0 Å². The molecule has 0 saturated heterocycles. The van der Waals surface area contributed by atoms with Gasteiger partial charge in [0.25, 0.3) is 0 Å². The van der Waals surface area contributed by atoms with E-state index in [4.69, 9.17) is 0 Å². The second-order valence-corrected chi connectivity index (χ2v) is 8.79. The van der Waals surface area contributed by atoms with Crippen LogP contribution in [0.4, 0.5) is 0 Å². The number of guanidine groups is 1. The molecule has 0 aromatic carbocycles. The van der Waals surface area contributed by atoms with Crippen LogP contribution in [0.5, 0.6) is 0 Å². The van der Waals surface area contributed by atoms with Gasteiger partial charge >= 0.3 is 0 Å². The third kappa shape index (κ3) is 18.3. The van der Waals surface area contributed by atoms with E-state index in [1.54, 1.807) is 7.05 Å². The standard InChI is InChI=1S/C16H36N4O2S.HI/c1-15(11-14-23(5,21)22)19-16(17-2)18-12-9-7-6-8-10-13-20(3)4;/h15H,6-14H2,1-5H3,(H2,17,18,19);1H. The zero-order valence-corrected chi connectivity index (χ0v) is 19.1. The largest absolute Gasteiger partial charge is 0.356 e. The van der Waals surface area contributed by atoms with Crippen LogP contribution in [-0.2, 0) is 9.84 Å². The van der Waals surface area contributed by atoms with Gasteiger partial charge in [0, 0.05) is 25.9 Å². The summed E-state index contributed by atoms with van der Waals surface area (Å²) in [6, 6.07) is 0.0851. The van der Waals surface area contributed by atoms with Crippen LogP contribution in [0.15, 0.2) is 4.99 Å². The van der Waals surface area contributed by atoms with Gasteiger partial charge in [-0.1, -0.05) is 19.3 Å². The van der Waals surface area contributed by atoms with E-state index in [1.807, 2.05) is 6.92 Å². The lowest BCUT2D eigenvalue weighted by atomic mass is 10.1. The molecule has 0 aromatic rings. The quantitative estimate of drug-likeness (QED) is 0.195. The van der Waals surface area contributed by atoms with Crippen LogP contribution >= 0.6 is 24.0 Å². The average molecular weight is 476 g/mol. The van der Waals surface area contributed by atoms with E-state index in [2.05, 4.69) is 34.6 Å². The highest BCUT2D eigenvalue weighted by atomic mass is 127. The number of aliphatic imine (C=N–C) groups is 1. The van der Waals surface area contributed by atoms with Gasteiger partial charge in [0.1, 0.15) is 9.84 Å². The Labute approximate surface area is 166 Å². The molecule has 0 fully saturated rings. The molecule has 0 spiro atoms. The summed E-state index contributed by atoms with van der Waals surface area (Å²) in [5.41, 5.74) is 0. The van der Waals surface area contributed by atoms with E-state index in [-0.39, 0.29) is 35.8 Å². The number of halogens is 1. The van der Waals surface area contributed by atoms with Gasteiger partial charge < -0.3 is 15.5 Å². The molecule has 8 heteroatoms. The van der Waals surface area contributed by atoms with Crippen molar-refractivity contribution >= 4 is 39.8 Å². The number of nitrogens with one attached hydrogen (secondary N) is 2. The SMILES string of the molecule is CN=C(NCCCCCCCN(C)C)NC(C)CCS(C)(=O)=O.I. The summed E-state index contributed by atoms with van der Waals surface area (Å²) >= 11 is 0. The Morgan fingerprint density at radius 1 is 1.12 bits per heavy atom. The van der Waals surface area contributed by atoms with Crippen molar-refractivity contribution in [1.29, 1.82) is 0 Å². The van der Waals surface area contributed by atoms with Gasteiger partial charge in [-0.3, -0.25) is 4.99 Å². The lowest BCUT2D eigenvalue weighted by Crippen LogP contribution is -2.43. The first-order chi connectivity index (χ1) is 10.7. The monoisotopic (exact) mass is 476 g/mol. The van der Waals surface area contributed by atoms with Crippen molar-refractivity contribution in [3.8, 4) is 0 Å². The minimum absolute atomic E-state index is 0. The van der Waals surface area contributed by atoms with Crippen LogP contribution in [0.3, 0.4) is 0 Å². The Hall–Kier alpha value is -0.0900. The third-order valence-corrected chi connectivity index (χ3v) is 4.58. The topological polar surface area (TPSA) is 73.8 Å². The van der Waals surface area contributed by atoms with Gasteiger partial charge in [-0.15, -0.1) is 24.0 Å². The highest BCUT2D eigenvalue weighted by Crippen LogP contribution is 2.02. The van der Waals surface area contributed by atoms with Crippen LogP contribution < -0.4 is 10.6 Å². The molecule has 6 nitrogen and oxygen atoms in total. The minimum atomic E-state index is -2.90. The molecule has 24 heavy (non-hydrogen) atoms. The maximum atomic E-state index is 11.2. The van der Waals surface area contributed by atoms with Gasteiger partial charge in [-0.25, -0.2) is 8.42 Å². The Morgan fingerprint density at radius 3 is 2.25 bits per heavy atom. The van der Waals surface area contributed by atoms with Crippen LogP contribution in [0.2, 0.25) is 0 Å². The fourth-order valence-electron chi connectivity index (χ4n) is 2.18. The first-order valence-electron chi connectivity index (χ1n) is 8.54. The molecular formula is C16H37IN4O2S. The molecule has 0 heterocycles. The van der Waals surface area contributed by atoms with Gasteiger partial charge in [0.05, 0.1) is 5.75 Å². The fraction of sp³-hybridized carbons (Fsp3) is 0.938. The van der Waals surface area contributed by atoms with Crippen molar-refractivity contribution in [2.24, 2.45) is 4.99 Å². The molecule has 0 bridgehead atoms. The number of sulfone groups is 1. The summed E-state index contributed by atoms with van der Waals surface area (Å²) in [6.45, 7) is 4.04. The Morgan fingerprint density at radius 2 is 1.71 bits per heavy atom. The van der Waals surface area contributed by atoms with E-state index in [9.17, 15) is 8.42 Å². The fourth-order valence-corrected chi connectivity index (χ4v) is 2.96. The minimum Gasteiger partial charge on any atom is -0.356 e. The van der Waals surface area contributed by atoms with Crippen molar-refractivity contribution in [1.82, 2.24) is 15.5 Å². The number of hydrogen-bond acceptors (Lipinski definition) is 4. The van der Waals surface area contributed by atoms with E-state index < -0.39 is 9.84 Å². The normalized spacial score (nSPS) is 13.5. The summed E-state index contributed by atoms with van der Waals surface area (Å²) in [7, 11) is 3.05. The highest BCUT2D eigenvalue weighted by Gasteiger charge is 2.09. The van der Waals surface area contributed by atoms with E-state index >= 15 is 0 Å². The maximum Gasteiger partial charge on any atom is 0.191 e. The van der Waals surface area contributed by atoms with Gasteiger partial charge in [-0.05, 0) is 46.8 Å². The zero-order valence-electron chi connectivity index (χ0n) is 16.0. The molecule has 0 amide bonds. The molecule has 0 rings (SSSR count). The number of nitrogens with zero attached hydrogens (tertiary/aromatic N) is 2. The maximum absolute atomic E-state index is 11.2. The first kappa shape index (κ1) is 26.1. The second-order valence-electron chi connectivity index (χ2n) is 6.53. The second kappa shape index (κ2) is 15.2. The van der Waals surface area contributed by atoms with Crippen LogP contribution in [0.1, 0.15) is 45.4 Å². The summed E-state index contributed by atoms with van der Waals surface area (Å²) in [6.07, 6.45) is 8.03. The zero-order chi connectivity index (χ0) is 17.7. The number of hydrogen-bond donors (Lipinski definition) is 2. The van der Waals surface area contributed by atoms with E-state index in [1.165, 1.54) is 38.5 Å². The van der Waals surface area contributed by atoms with Crippen molar-refractivity contribution in [3.63, 3.8) is 0 Å². The molecule has 0 aliphatic heterocycles. The van der Waals surface area contributed by atoms with Crippen LogP contribution in [0.25, 0.3) is 0 Å². The summed E-state index contributed by atoms with van der Waals surface area (Å²) in [5, 5.41) is 6.52. The summed E-state index contributed by atoms with van der Waals surface area (Å²) in [5.74, 6) is 0.948. The van der Waals surface area contributed by atoms with Crippen LogP contribution in [0, 0.1) is 0 Å². The van der Waals surface area contributed by atoms with E-state index in [0.29, 0.717) is 6.42 Å². The molecule has 146 valence electrons. The summed E-state index contributed by atoms with van der Waals surface area (Å²) in [4.78, 5) is 6.40. The van der Waals surface area contributed by atoms with Crippen molar-refractivity contribution in [2.75, 3.05) is 46.2 Å². The average Bonchev–Trinajstić information content (AvgIpc) is 2.45. The van der Waals surface area contributed by atoms with Gasteiger partial charge in [-0.2, -0.15) is 0 Å². The van der Waals surface area contributed by atoms with E-state index in [0.717, 1.165) is 18.9 Å². The van der Waals surface area contributed by atoms with Gasteiger partial charge in [0.15, 0.2) is 5.96 Å². The molecule has 0 aliphatic carbocycles. The molecule has 0 aromatic heterocycles. The smallest absolute Gasteiger partial charge is 0.191 e. The molecule has 2 N–H and O–H groups in total. The molecule has 1 atom stereocenters. The molecular weight excluding hydrogens is 439 g/mol. The predicted molar refractivity (Wildman–Crippen MR) is 115 cm³/mol. The summed E-state index contributed by atoms with van der Waals surface area (Å²) < 4.78 is 22.3. The predicted octanol–water partition coefficient (Wildman–Crippen LogP) is 2.10. The number of rotatable bonds is 12. The molecule has 0 saturated carbocycles. The molecule has 1 unspecified atom stereocenters. The lowest BCUT2D eigenvalue weighted by Gasteiger charge is -2.17. The molecule has 0 aliphatic rings. The third-order valence-electron chi connectivity index (χ3n) is 3.60. The van der Waals surface area contributed by atoms with Crippen molar-refractivity contribution < 1.29 is 8.42 Å². The Balaban J connectivity index is 0. The number of unbranched alkanes of at least 4 members (excludes halogenated alkanes) is 4. The highest BCUT2D eigenvalue weighted by molar-refractivity contribution is 14.0. The first-order valence-corrected chi connectivity index (χ1v) is 10.6. The van der Waals surface area contributed by atoms with Crippen molar-refractivity contribution in [2.45, 2.75) is 51.5 Å². The molecule has 0 radical (unpaired) electrons. The van der Waals surface area contributed by atoms with Gasteiger partial charge in [0.2, 0.25) is 0 Å². The Kier molecular flexibility index (Phi) is 16.5. The Bertz CT molecular complexity index is 428. The lowest BCUT2D eigenvalue weighted by molar-refractivity contribution is 0.389.